The minimum absolute atomic E-state index is 0.142. The highest BCUT2D eigenvalue weighted by Crippen LogP contribution is 2.37. The summed E-state index contributed by atoms with van der Waals surface area (Å²) in [5.41, 5.74) is 11.2. The minimum atomic E-state index is -4.80. The second-order valence-electron chi connectivity index (χ2n) is 7.14. The first-order valence-corrected chi connectivity index (χ1v) is 10.6. The molecule has 6 N–H and O–H groups in total. The first kappa shape index (κ1) is 23.1. The van der Waals surface area contributed by atoms with Gasteiger partial charge < -0.3 is 21.8 Å². The fourth-order valence-electron chi connectivity index (χ4n) is 3.34. The highest BCUT2D eigenvalue weighted by atomic mass is 32.2. The number of nitrogens with two attached hydrogens (primary N) is 2. The van der Waals surface area contributed by atoms with Gasteiger partial charge in [-0.15, -0.1) is 0 Å². The average Bonchev–Trinajstić information content (AvgIpc) is 3.21. The molecule has 174 valence electrons. The van der Waals surface area contributed by atoms with Crippen LogP contribution in [0.2, 0.25) is 0 Å². The molecule has 2 amide bonds. The second-order valence-corrected chi connectivity index (χ2v) is 8.20. The van der Waals surface area contributed by atoms with Crippen molar-refractivity contribution in [3.8, 4) is 0 Å². The lowest BCUT2D eigenvalue weighted by atomic mass is 10.1. The third-order valence-electron chi connectivity index (χ3n) is 4.90. The summed E-state index contributed by atoms with van der Waals surface area (Å²) >= 11 is 0.970. The largest absolute Gasteiger partial charge is 0.412 e. The lowest BCUT2D eigenvalue weighted by Crippen LogP contribution is -2.38. The summed E-state index contributed by atoms with van der Waals surface area (Å²) < 4.78 is 41.8. The Balaban J connectivity index is 1.65. The smallest absolute Gasteiger partial charge is 0.382 e. The summed E-state index contributed by atoms with van der Waals surface area (Å²) in [6.07, 6.45) is -2.35. The van der Waals surface area contributed by atoms with Gasteiger partial charge in [-0.05, 0) is 18.2 Å². The molecule has 0 saturated carbocycles. The molecule has 0 aliphatic heterocycles. The van der Waals surface area contributed by atoms with Crippen LogP contribution in [0.4, 0.5) is 19.0 Å². The molecule has 2 aromatic carbocycles. The van der Waals surface area contributed by atoms with Crippen LogP contribution in [0.25, 0.3) is 10.9 Å². The molecular weight excluding hydrogens is 469 g/mol. The van der Waals surface area contributed by atoms with E-state index in [1.54, 1.807) is 36.4 Å². The van der Waals surface area contributed by atoms with E-state index in [1.165, 1.54) is 24.5 Å². The maximum absolute atomic E-state index is 13.9. The summed E-state index contributed by atoms with van der Waals surface area (Å²) in [5, 5.41) is 2.44. The summed E-state index contributed by atoms with van der Waals surface area (Å²) in [7, 11) is 0. The Bertz CT molecular complexity index is 1390. The van der Waals surface area contributed by atoms with Crippen LogP contribution in [0.5, 0.6) is 0 Å². The van der Waals surface area contributed by atoms with Gasteiger partial charge in [-0.1, -0.05) is 42.1 Å². The fraction of sp³-hybridized carbons (Fsp3) is 0.0909. The molecule has 12 heteroatoms. The van der Waals surface area contributed by atoms with Gasteiger partial charge in [-0.2, -0.15) is 13.2 Å². The Kier molecular flexibility index (Phi) is 6.16. The van der Waals surface area contributed by atoms with E-state index in [2.05, 4.69) is 15.0 Å². The van der Waals surface area contributed by atoms with Crippen molar-refractivity contribution in [1.82, 2.24) is 20.3 Å². The molecule has 34 heavy (non-hydrogen) atoms. The lowest BCUT2D eigenvalue weighted by Gasteiger charge is -2.21. The van der Waals surface area contributed by atoms with E-state index < -0.39 is 29.7 Å². The number of rotatable bonds is 6. The normalized spacial score (nSPS) is 12.4. The van der Waals surface area contributed by atoms with Crippen LogP contribution in [0.1, 0.15) is 32.5 Å². The molecule has 0 bridgehead atoms. The summed E-state index contributed by atoms with van der Waals surface area (Å²) in [6.45, 7) is 0. The molecule has 4 rings (SSSR count). The molecular formula is C22H17F3N6O2S. The van der Waals surface area contributed by atoms with Gasteiger partial charge in [0.1, 0.15) is 5.03 Å². The number of amides is 2. The van der Waals surface area contributed by atoms with Crippen molar-refractivity contribution in [2.45, 2.75) is 22.1 Å². The Morgan fingerprint density at radius 1 is 1.09 bits per heavy atom. The average molecular weight is 486 g/mol. The van der Waals surface area contributed by atoms with Crippen molar-refractivity contribution in [1.29, 1.82) is 0 Å². The molecule has 0 fully saturated rings. The number of carbonyl (C=O) groups is 2. The van der Waals surface area contributed by atoms with Crippen molar-refractivity contribution in [3.63, 3.8) is 0 Å². The number of aromatic amines is 1. The van der Waals surface area contributed by atoms with Crippen LogP contribution in [0, 0.1) is 0 Å². The summed E-state index contributed by atoms with van der Waals surface area (Å²) in [6, 6.07) is 10.5. The molecule has 0 spiro atoms. The number of hydrogen-bond donors (Lipinski definition) is 4. The summed E-state index contributed by atoms with van der Waals surface area (Å²) in [4.78, 5) is 35.7. The highest BCUT2D eigenvalue weighted by molar-refractivity contribution is 7.99. The van der Waals surface area contributed by atoms with Crippen LogP contribution in [-0.2, 0) is 0 Å². The third kappa shape index (κ3) is 4.66. The zero-order valence-electron chi connectivity index (χ0n) is 17.3. The molecule has 0 radical (unpaired) electrons. The molecule has 1 atom stereocenters. The minimum Gasteiger partial charge on any atom is -0.382 e. The molecule has 2 aromatic heterocycles. The molecule has 4 aromatic rings. The zero-order valence-corrected chi connectivity index (χ0v) is 18.1. The number of primary amides is 1. The molecule has 0 aliphatic rings. The number of H-pyrrole nitrogens is 1. The zero-order chi connectivity index (χ0) is 24.5. The predicted octanol–water partition coefficient (Wildman–Crippen LogP) is 3.82. The van der Waals surface area contributed by atoms with Gasteiger partial charge in [0.25, 0.3) is 5.91 Å². The number of nitrogen functional groups attached to an aromatic ring is 1. The van der Waals surface area contributed by atoms with E-state index in [0.717, 1.165) is 11.8 Å². The van der Waals surface area contributed by atoms with Crippen molar-refractivity contribution in [3.05, 3.63) is 77.7 Å². The lowest BCUT2D eigenvalue weighted by molar-refractivity contribution is -0.155. The fourth-order valence-corrected chi connectivity index (χ4v) is 4.23. The number of alkyl halides is 3. The van der Waals surface area contributed by atoms with Gasteiger partial charge >= 0.3 is 6.18 Å². The Morgan fingerprint density at radius 2 is 1.79 bits per heavy atom. The van der Waals surface area contributed by atoms with Gasteiger partial charge in [0.15, 0.2) is 17.6 Å². The van der Waals surface area contributed by atoms with Crippen LogP contribution >= 0.6 is 11.8 Å². The first-order valence-electron chi connectivity index (χ1n) is 9.78. The Morgan fingerprint density at radius 3 is 2.53 bits per heavy atom. The van der Waals surface area contributed by atoms with Gasteiger partial charge in [-0.25, -0.2) is 9.97 Å². The number of aromatic nitrogens is 3. The number of nitrogens with one attached hydrogen (secondary N) is 2. The number of hydrogen-bond acceptors (Lipinski definition) is 6. The predicted molar refractivity (Wildman–Crippen MR) is 120 cm³/mol. The number of para-hydroxylation sites is 1. The van der Waals surface area contributed by atoms with E-state index in [-0.39, 0.29) is 22.0 Å². The van der Waals surface area contributed by atoms with E-state index in [0.29, 0.717) is 15.8 Å². The van der Waals surface area contributed by atoms with Gasteiger partial charge in [0.2, 0.25) is 5.91 Å². The van der Waals surface area contributed by atoms with E-state index >= 15 is 0 Å². The van der Waals surface area contributed by atoms with Crippen molar-refractivity contribution in [2.75, 3.05) is 5.73 Å². The number of nitrogens with zero attached hydrogens (tertiary/aromatic N) is 2. The standard InChI is InChI=1S/C22H17F3N6O2S/c23-22(24,25)18(13-9-28-14-7-3-1-5-11(13)14)31-21(33)17-19(26)29-10-16(30-17)34-15-8-4-2-6-12(15)20(27)32/h1-10,18,28H,(H2,26,29)(H2,27,32)(H,31,33). The molecule has 1 unspecified atom stereocenters. The van der Waals surface area contributed by atoms with E-state index in [9.17, 15) is 22.8 Å². The topological polar surface area (TPSA) is 140 Å². The number of carbonyl (C=O) groups excluding carboxylic acids is 2. The van der Waals surface area contributed by atoms with Gasteiger partial charge in [0, 0.05) is 27.6 Å². The molecule has 0 saturated heterocycles. The SMILES string of the molecule is NC(=O)c1ccccc1Sc1cnc(N)c(C(=O)NC(c2c[nH]c3ccccc23)C(F)(F)F)n1. The van der Waals surface area contributed by atoms with Crippen molar-refractivity contribution < 1.29 is 22.8 Å². The van der Waals surface area contributed by atoms with Gasteiger partial charge in [0.05, 0.1) is 11.8 Å². The molecule has 0 aliphatic carbocycles. The third-order valence-corrected chi connectivity index (χ3v) is 5.88. The second kappa shape index (κ2) is 9.06. The van der Waals surface area contributed by atoms with E-state index in [1.807, 2.05) is 5.32 Å². The van der Waals surface area contributed by atoms with Crippen molar-refractivity contribution >= 4 is 40.3 Å². The molecule has 8 nitrogen and oxygen atoms in total. The van der Waals surface area contributed by atoms with Crippen LogP contribution in [0.15, 0.2) is 70.8 Å². The number of halogens is 3. The van der Waals surface area contributed by atoms with Crippen molar-refractivity contribution in [2.24, 2.45) is 5.73 Å². The summed E-state index contributed by atoms with van der Waals surface area (Å²) in [5.74, 6) is -2.16. The molecule has 2 heterocycles. The maximum atomic E-state index is 13.9. The van der Waals surface area contributed by atoms with E-state index in [4.69, 9.17) is 11.5 Å². The first-order chi connectivity index (χ1) is 16.1. The number of benzene rings is 2. The van der Waals surface area contributed by atoms with Crippen LogP contribution < -0.4 is 16.8 Å². The van der Waals surface area contributed by atoms with Gasteiger partial charge in [-0.3, -0.25) is 9.59 Å². The number of anilines is 1. The van der Waals surface area contributed by atoms with Crippen LogP contribution in [-0.4, -0.2) is 32.9 Å². The maximum Gasteiger partial charge on any atom is 0.412 e. The monoisotopic (exact) mass is 486 g/mol. The highest BCUT2D eigenvalue weighted by Gasteiger charge is 2.43. The Labute approximate surface area is 195 Å². The quantitative estimate of drug-likeness (QED) is 0.327. The van der Waals surface area contributed by atoms with Crippen LogP contribution in [0.3, 0.4) is 0 Å². The Hall–Kier alpha value is -4.06. The number of fused-ring (bicyclic) bond motifs is 1.